The van der Waals surface area contributed by atoms with E-state index in [1.807, 2.05) is 0 Å². The van der Waals surface area contributed by atoms with Crippen molar-refractivity contribution in [2.24, 2.45) is 0 Å². The summed E-state index contributed by atoms with van der Waals surface area (Å²) in [6.45, 7) is 10.2. The van der Waals surface area contributed by atoms with Crippen LogP contribution < -0.4 is 0 Å². The van der Waals surface area contributed by atoms with Gasteiger partial charge in [0.25, 0.3) is 0 Å². The molecule has 6 heteroatoms. The first kappa shape index (κ1) is 16.1. The summed E-state index contributed by atoms with van der Waals surface area (Å²) in [6.07, 6.45) is 5.47. The van der Waals surface area contributed by atoms with Crippen LogP contribution in [0.1, 0.15) is 39.5 Å². The number of unbranched alkanes of at least 4 members (excludes halogenated alkanes) is 1. The van der Waals surface area contributed by atoms with Crippen LogP contribution in [0.25, 0.3) is 0 Å². The van der Waals surface area contributed by atoms with Gasteiger partial charge in [-0.25, -0.2) is 0 Å². The van der Waals surface area contributed by atoms with Crippen molar-refractivity contribution in [3.63, 3.8) is 0 Å². The predicted molar refractivity (Wildman–Crippen MR) is 65.9 cm³/mol. The molecule has 0 bridgehead atoms. The Labute approximate surface area is 103 Å². The van der Waals surface area contributed by atoms with Gasteiger partial charge in [0.05, 0.1) is 24.7 Å². The second-order valence-electron chi connectivity index (χ2n) is 4.42. The SMILES string of the molecule is CCCC[N+]1(COCC)CCCC1.O=[N+]([O-])[O-]. The molecule has 0 aromatic rings. The molecule has 17 heavy (non-hydrogen) atoms. The highest BCUT2D eigenvalue weighted by atomic mass is 16.9. The summed E-state index contributed by atoms with van der Waals surface area (Å²) < 4.78 is 6.83. The van der Waals surface area contributed by atoms with E-state index in [4.69, 9.17) is 20.1 Å². The molecule has 1 aliphatic rings. The molecule has 6 nitrogen and oxygen atoms in total. The Balaban J connectivity index is 0.000000557. The lowest BCUT2D eigenvalue weighted by Gasteiger charge is -2.33. The van der Waals surface area contributed by atoms with Gasteiger partial charge in [0, 0.05) is 19.4 Å². The Hall–Kier alpha value is -0.880. The summed E-state index contributed by atoms with van der Waals surface area (Å²) in [7, 11) is 0. The molecule has 1 fully saturated rings. The molecule has 102 valence electrons. The van der Waals surface area contributed by atoms with Crippen molar-refractivity contribution in [2.75, 3.05) is 33.0 Å². The highest BCUT2D eigenvalue weighted by Gasteiger charge is 2.30. The maximum absolute atomic E-state index is 8.25. The van der Waals surface area contributed by atoms with Crippen LogP contribution in [0.3, 0.4) is 0 Å². The zero-order valence-corrected chi connectivity index (χ0v) is 10.9. The molecule has 1 saturated heterocycles. The van der Waals surface area contributed by atoms with Crippen LogP contribution in [0.2, 0.25) is 0 Å². The average Bonchev–Trinajstić information content (AvgIpc) is 2.72. The predicted octanol–water partition coefficient (Wildman–Crippen LogP) is 2.15. The Morgan fingerprint density at radius 2 is 1.76 bits per heavy atom. The normalized spacial score (nSPS) is 17.3. The molecule has 1 rings (SSSR count). The third-order valence-corrected chi connectivity index (χ3v) is 3.07. The molecular weight excluding hydrogens is 224 g/mol. The van der Waals surface area contributed by atoms with Gasteiger partial charge < -0.3 is 24.5 Å². The molecule has 0 amide bonds. The first-order chi connectivity index (χ1) is 8.06. The Kier molecular flexibility index (Phi) is 8.71. The fourth-order valence-corrected chi connectivity index (χ4v) is 2.20. The van der Waals surface area contributed by atoms with Crippen LogP contribution in [0.15, 0.2) is 0 Å². The Morgan fingerprint density at radius 3 is 2.18 bits per heavy atom. The topological polar surface area (TPSA) is 75.4 Å². The van der Waals surface area contributed by atoms with Crippen molar-refractivity contribution in [3.8, 4) is 0 Å². The molecule has 0 unspecified atom stereocenters. The molecule has 0 aromatic carbocycles. The van der Waals surface area contributed by atoms with Gasteiger partial charge in [-0.2, -0.15) is 0 Å². The van der Waals surface area contributed by atoms with Gasteiger partial charge >= 0.3 is 0 Å². The number of rotatable bonds is 6. The van der Waals surface area contributed by atoms with E-state index in [-0.39, 0.29) is 0 Å². The number of nitrogens with zero attached hydrogens (tertiary/aromatic N) is 2. The smallest absolute Gasteiger partial charge is 0.183 e. The molecule has 0 atom stereocenters. The van der Waals surface area contributed by atoms with Crippen LogP contribution in [0.4, 0.5) is 0 Å². The minimum atomic E-state index is -1.75. The second-order valence-corrected chi connectivity index (χ2v) is 4.42. The van der Waals surface area contributed by atoms with E-state index in [1.165, 1.54) is 49.8 Å². The van der Waals surface area contributed by atoms with Gasteiger partial charge in [-0.3, -0.25) is 0 Å². The lowest BCUT2D eigenvalue weighted by Crippen LogP contribution is -2.47. The zero-order valence-electron chi connectivity index (χ0n) is 10.9. The van der Waals surface area contributed by atoms with E-state index < -0.39 is 5.09 Å². The monoisotopic (exact) mass is 248 g/mol. The highest BCUT2D eigenvalue weighted by Crippen LogP contribution is 2.20. The van der Waals surface area contributed by atoms with E-state index in [2.05, 4.69) is 13.8 Å². The van der Waals surface area contributed by atoms with Crippen molar-refractivity contribution in [1.29, 1.82) is 0 Å². The van der Waals surface area contributed by atoms with Gasteiger partial charge in [0.15, 0.2) is 6.73 Å². The summed E-state index contributed by atoms with van der Waals surface area (Å²) in [6, 6.07) is 0. The quantitative estimate of drug-likeness (QED) is 0.410. The summed E-state index contributed by atoms with van der Waals surface area (Å²) in [5.41, 5.74) is 0. The summed E-state index contributed by atoms with van der Waals surface area (Å²) >= 11 is 0. The minimum absolute atomic E-state index is 0.867. The first-order valence-electron chi connectivity index (χ1n) is 6.30. The van der Waals surface area contributed by atoms with Gasteiger partial charge in [0.1, 0.15) is 0 Å². The van der Waals surface area contributed by atoms with Crippen molar-refractivity contribution in [2.45, 2.75) is 39.5 Å². The Bertz CT molecular complexity index is 192. The Morgan fingerprint density at radius 1 is 1.24 bits per heavy atom. The van der Waals surface area contributed by atoms with Crippen molar-refractivity contribution in [3.05, 3.63) is 15.3 Å². The molecule has 0 radical (unpaired) electrons. The van der Waals surface area contributed by atoms with E-state index in [0.717, 1.165) is 13.3 Å². The number of ether oxygens (including phenoxy) is 1. The summed E-state index contributed by atoms with van der Waals surface area (Å²) in [5, 5.41) is 14.8. The minimum Gasteiger partial charge on any atom is -0.356 e. The van der Waals surface area contributed by atoms with Crippen LogP contribution in [0, 0.1) is 15.3 Å². The summed E-state index contributed by atoms with van der Waals surface area (Å²) in [5.74, 6) is 0. The lowest BCUT2D eigenvalue weighted by molar-refractivity contribution is -0.935. The molecule has 0 N–H and O–H groups in total. The van der Waals surface area contributed by atoms with E-state index in [9.17, 15) is 0 Å². The van der Waals surface area contributed by atoms with Crippen molar-refractivity contribution >= 4 is 0 Å². The van der Waals surface area contributed by atoms with E-state index >= 15 is 0 Å². The largest absolute Gasteiger partial charge is 0.356 e. The van der Waals surface area contributed by atoms with Gasteiger partial charge in [-0.1, -0.05) is 13.3 Å². The molecule has 1 aliphatic heterocycles. The van der Waals surface area contributed by atoms with Crippen molar-refractivity contribution in [1.82, 2.24) is 0 Å². The second kappa shape index (κ2) is 9.18. The zero-order chi connectivity index (χ0) is 13.1. The number of likely N-dealkylation sites (tertiary alicyclic amines) is 1. The first-order valence-corrected chi connectivity index (χ1v) is 6.30. The van der Waals surface area contributed by atoms with Crippen LogP contribution >= 0.6 is 0 Å². The average molecular weight is 248 g/mol. The van der Waals surface area contributed by atoms with Gasteiger partial charge in [-0.15, -0.1) is 0 Å². The van der Waals surface area contributed by atoms with Crippen LogP contribution in [-0.2, 0) is 4.74 Å². The number of quaternary nitrogens is 1. The molecule has 1 heterocycles. The maximum Gasteiger partial charge on any atom is 0.183 e. The molecule has 0 aromatic heterocycles. The molecular formula is C11H24N2O4. The van der Waals surface area contributed by atoms with E-state index in [1.54, 1.807) is 0 Å². The maximum atomic E-state index is 8.25. The van der Waals surface area contributed by atoms with Crippen LogP contribution in [0.5, 0.6) is 0 Å². The fourth-order valence-electron chi connectivity index (χ4n) is 2.20. The lowest BCUT2D eigenvalue weighted by atomic mass is 10.3. The summed E-state index contributed by atoms with van der Waals surface area (Å²) in [4.78, 5) is 8.25. The van der Waals surface area contributed by atoms with Crippen molar-refractivity contribution < 1.29 is 14.3 Å². The van der Waals surface area contributed by atoms with Crippen LogP contribution in [-0.4, -0.2) is 42.5 Å². The molecule has 0 spiro atoms. The standard InChI is InChI=1S/C11H24NO.NO3/c1-3-5-8-12(11-13-4-2)9-6-7-10-12;2-1(3)4/h3-11H2,1-2H3;/q+1;-1. The highest BCUT2D eigenvalue weighted by molar-refractivity contribution is 4.52. The van der Waals surface area contributed by atoms with E-state index in [0.29, 0.717) is 0 Å². The third kappa shape index (κ3) is 7.93. The van der Waals surface area contributed by atoms with Gasteiger partial charge in [-0.05, 0) is 13.3 Å². The number of hydrogen-bond donors (Lipinski definition) is 0. The molecule has 0 saturated carbocycles. The number of hydrogen-bond acceptors (Lipinski definition) is 4. The van der Waals surface area contributed by atoms with Gasteiger partial charge in [0.2, 0.25) is 0 Å². The fraction of sp³-hybridized carbons (Fsp3) is 1.00. The third-order valence-electron chi connectivity index (χ3n) is 3.07. The molecule has 0 aliphatic carbocycles.